The van der Waals surface area contributed by atoms with Gasteiger partial charge in [0, 0.05) is 44.6 Å². The highest BCUT2D eigenvalue weighted by Crippen LogP contribution is 2.27. The van der Waals surface area contributed by atoms with E-state index in [2.05, 4.69) is 27.6 Å². The Morgan fingerprint density at radius 1 is 1.22 bits per heavy atom. The third kappa shape index (κ3) is 6.40. The quantitative estimate of drug-likeness (QED) is 0.211. The largest absolute Gasteiger partial charge is 0.383 e. The van der Waals surface area contributed by atoms with Gasteiger partial charge in [0.05, 0.1) is 30.7 Å². The van der Waals surface area contributed by atoms with Crippen LogP contribution in [0.5, 0.6) is 0 Å². The Kier molecular flexibility index (Phi) is 8.99. The molecule has 0 radical (unpaired) electrons. The second kappa shape index (κ2) is 12.4. The molecule has 0 saturated carbocycles. The van der Waals surface area contributed by atoms with Crippen LogP contribution in [0, 0.1) is 19.8 Å². The van der Waals surface area contributed by atoms with Crippen LogP contribution in [0.4, 0.5) is 11.5 Å². The van der Waals surface area contributed by atoms with E-state index in [1.165, 1.54) is 5.56 Å². The maximum atomic E-state index is 12.9. The van der Waals surface area contributed by atoms with Crippen molar-refractivity contribution in [3.05, 3.63) is 35.5 Å². The molecule has 1 unspecified atom stereocenters. The molecule has 11 heteroatoms. The smallest absolute Gasteiger partial charge is 0.227 e. The number of carbonyl (C=O) groups is 2. The lowest BCUT2D eigenvalue weighted by atomic mass is 10.1. The summed E-state index contributed by atoms with van der Waals surface area (Å²) in [6.07, 6.45) is 2.98. The number of nitrogens with zero attached hydrogens (tertiary/aromatic N) is 5. The van der Waals surface area contributed by atoms with Gasteiger partial charge in [-0.15, -0.1) is 0 Å². The number of carbonyl (C=O) groups excluding carboxylic acids is 2. The Balaban J connectivity index is 1.39. The summed E-state index contributed by atoms with van der Waals surface area (Å²) >= 11 is 1.61. The van der Waals surface area contributed by atoms with Crippen LogP contribution in [-0.2, 0) is 20.9 Å². The van der Waals surface area contributed by atoms with Gasteiger partial charge in [-0.1, -0.05) is 24.8 Å². The molecule has 2 N–H and O–H groups in total. The number of ether oxygens (including phenoxy) is 1. The molecule has 1 aliphatic rings. The maximum Gasteiger partial charge on any atom is 0.227 e. The van der Waals surface area contributed by atoms with Gasteiger partial charge in [0.25, 0.3) is 0 Å². The minimum Gasteiger partial charge on any atom is -0.383 e. The molecule has 1 aliphatic heterocycles. The average Bonchev–Trinajstić information content (AvgIpc) is 3.48. The molecule has 4 rings (SSSR count). The Morgan fingerprint density at radius 3 is 2.81 bits per heavy atom. The molecule has 0 spiro atoms. The highest BCUT2D eigenvalue weighted by molar-refractivity contribution is 7.99. The van der Waals surface area contributed by atoms with Crippen molar-refractivity contribution in [2.24, 2.45) is 5.92 Å². The predicted molar refractivity (Wildman–Crippen MR) is 146 cm³/mol. The number of thioether (sulfide) groups is 1. The van der Waals surface area contributed by atoms with Gasteiger partial charge in [-0.05, 0) is 43.5 Å². The second-order valence-corrected chi connectivity index (χ2v) is 10.3. The van der Waals surface area contributed by atoms with E-state index in [0.29, 0.717) is 37.9 Å². The molecule has 1 fully saturated rings. The third-order valence-electron chi connectivity index (χ3n) is 6.43. The maximum absolute atomic E-state index is 12.9. The van der Waals surface area contributed by atoms with Crippen molar-refractivity contribution in [3.63, 3.8) is 0 Å². The highest BCUT2D eigenvalue weighted by Gasteiger charge is 2.35. The number of aryl methyl sites for hydroxylation is 2. The summed E-state index contributed by atoms with van der Waals surface area (Å²) in [5.41, 5.74) is 3.87. The fourth-order valence-corrected chi connectivity index (χ4v) is 4.91. The second-order valence-electron chi connectivity index (χ2n) is 9.19. The van der Waals surface area contributed by atoms with Crippen molar-refractivity contribution in [2.75, 3.05) is 49.3 Å². The Labute approximate surface area is 221 Å². The molecule has 1 atom stereocenters. The summed E-state index contributed by atoms with van der Waals surface area (Å²) in [7, 11) is 1.66. The van der Waals surface area contributed by atoms with Crippen LogP contribution in [0.2, 0.25) is 0 Å². The van der Waals surface area contributed by atoms with Crippen LogP contribution < -0.4 is 15.5 Å². The first-order valence-electron chi connectivity index (χ1n) is 12.7. The molecule has 0 aliphatic carbocycles. The standard InChI is InChI=1S/C26H35N7O3S/c1-5-12-37-26-30-23(27-9-11-36-4)21-15-29-33(24(21)31-26)10-8-28-25(35)19-14-22(34)32(16-19)20-7-6-17(2)18(3)13-20/h6-7,13,15,19H,5,8-12,14,16H2,1-4H3,(H,28,35)(H,27,30,31). The van der Waals surface area contributed by atoms with E-state index in [-0.39, 0.29) is 24.2 Å². The number of hydrogen-bond acceptors (Lipinski definition) is 8. The molecule has 2 aromatic heterocycles. The van der Waals surface area contributed by atoms with Crippen LogP contribution in [0.15, 0.2) is 29.6 Å². The Morgan fingerprint density at radius 2 is 2.05 bits per heavy atom. The average molecular weight is 526 g/mol. The first-order chi connectivity index (χ1) is 17.9. The predicted octanol–water partition coefficient (Wildman–Crippen LogP) is 3.17. The fourth-order valence-electron chi connectivity index (χ4n) is 4.22. The van der Waals surface area contributed by atoms with Gasteiger partial charge in [0.15, 0.2) is 10.8 Å². The number of benzene rings is 1. The monoisotopic (exact) mass is 525 g/mol. The zero-order valence-electron chi connectivity index (χ0n) is 21.9. The minimum atomic E-state index is -0.376. The topological polar surface area (TPSA) is 114 Å². The summed E-state index contributed by atoms with van der Waals surface area (Å²) in [6.45, 7) is 8.61. The Hall–Kier alpha value is -3.18. The van der Waals surface area contributed by atoms with Gasteiger partial charge in [0.2, 0.25) is 11.8 Å². The minimum absolute atomic E-state index is 0.0243. The van der Waals surface area contributed by atoms with E-state index >= 15 is 0 Å². The normalized spacial score (nSPS) is 15.5. The summed E-state index contributed by atoms with van der Waals surface area (Å²) in [6, 6.07) is 5.95. The van der Waals surface area contributed by atoms with E-state index in [9.17, 15) is 9.59 Å². The molecule has 3 heterocycles. The first-order valence-corrected chi connectivity index (χ1v) is 13.6. The van der Waals surface area contributed by atoms with Crippen LogP contribution in [0.1, 0.15) is 30.9 Å². The number of rotatable bonds is 12. The summed E-state index contributed by atoms with van der Waals surface area (Å²) in [5.74, 6) is 1.13. The molecule has 3 aromatic rings. The van der Waals surface area contributed by atoms with Gasteiger partial charge in [-0.2, -0.15) is 5.10 Å². The fraction of sp³-hybridized carbons (Fsp3) is 0.500. The van der Waals surface area contributed by atoms with Crippen molar-refractivity contribution in [3.8, 4) is 0 Å². The molecule has 1 aromatic carbocycles. The van der Waals surface area contributed by atoms with Crippen molar-refractivity contribution in [2.45, 2.75) is 45.3 Å². The number of aromatic nitrogens is 4. The van der Waals surface area contributed by atoms with Gasteiger partial charge in [-0.3, -0.25) is 9.59 Å². The van der Waals surface area contributed by atoms with Gasteiger partial charge in [0.1, 0.15) is 5.82 Å². The van der Waals surface area contributed by atoms with Crippen molar-refractivity contribution >= 4 is 46.1 Å². The van der Waals surface area contributed by atoms with Crippen molar-refractivity contribution in [1.29, 1.82) is 0 Å². The number of anilines is 2. The van der Waals surface area contributed by atoms with Gasteiger partial charge < -0.3 is 20.3 Å². The molecule has 10 nitrogen and oxygen atoms in total. The van der Waals surface area contributed by atoms with E-state index in [0.717, 1.165) is 40.3 Å². The zero-order chi connectivity index (χ0) is 26.4. The number of amides is 2. The van der Waals surface area contributed by atoms with Crippen LogP contribution in [-0.4, -0.2) is 70.7 Å². The number of fused-ring (bicyclic) bond motifs is 1. The van der Waals surface area contributed by atoms with Crippen molar-refractivity contribution in [1.82, 2.24) is 25.1 Å². The van der Waals surface area contributed by atoms with Gasteiger partial charge >= 0.3 is 0 Å². The summed E-state index contributed by atoms with van der Waals surface area (Å²) < 4.78 is 6.93. The molecule has 37 heavy (non-hydrogen) atoms. The molecule has 2 amide bonds. The van der Waals surface area contributed by atoms with Crippen molar-refractivity contribution < 1.29 is 14.3 Å². The summed E-state index contributed by atoms with van der Waals surface area (Å²) in [5, 5.41) is 12.3. The number of hydrogen-bond donors (Lipinski definition) is 2. The lowest BCUT2D eigenvalue weighted by Gasteiger charge is -2.18. The SMILES string of the molecule is CCCSc1nc(NCCOC)c2cnn(CCNC(=O)C3CC(=O)N(c4ccc(C)c(C)c4)C3)c2n1. The van der Waals surface area contributed by atoms with E-state index in [4.69, 9.17) is 9.72 Å². The number of methoxy groups -OCH3 is 1. The molecular weight excluding hydrogens is 490 g/mol. The highest BCUT2D eigenvalue weighted by atomic mass is 32.2. The lowest BCUT2D eigenvalue weighted by molar-refractivity contribution is -0.126. The van der Waals surface area contributed by atoms with Crippen LogP contribution in [0.25, 0.3) is 11.0 Å². The molecule has 198 valence electrons. The Bertz CT molecular complexity index is 1260. The lowest BCUT2D eigenvalue weighted by Crippen LogP contribution is -2.35. The summed E-state index contributed by atoms with van der Waals surface area (Å²) in [4.78, 5) is 36.6. The molecule has 0 bridgehead atoms. The number of nitrogens with one attached hydrogen (secondary N) is 2. The van der Waals surface area contributed by atoms with Crippen LogP contribution >= 0.6 is 11.8 Å². The van der Waals surface area contributed by atoms with Crippen LogP contribution in [0.3, 0.4) is 0 Å². The van der Waals surface area contributed by atoms with E-state index in [1.54, 1.807) is 34.7 Å². The first kappa shape index (κ1) is 26.9. The third-order valence-corrected chi connectivity index (χ3v) is 7.48. The van der Waals surface area contributed by atoms with E-state index in [1.807, 2.05) is 32.0 Å². The van der Waals surface area contributed by atoms with E-state index < -0.39 is 0 Å². The molecule has 1 saturated heterocycles. The zero-order valence-corrected chi connectivity index (χ0v) is 22.7. The molecular formula is C26H35N7O3S. The van der Waals surface area contributed by atoms with Gasteiger partial charge in [-0.25, -0.2) is 14.6 Å².